The van der Waals surface area contributed by atoms with Gasteiger partial charge in [-0.2, -0.15) is 0 Å². The van der Waals surface area contributed by atoms with Crippen molar-refractivity contribution in [1.82, 2.24) is 5.32 Å². The van der Waals surface area contributed by atoms with Crippen molar-refractivity contribution >= 4 is 0 Å². The third-order valence-electron chi connectivity index (χ3n) is 3.38. The highest BCUT2D eigenvalue weighted by Gasteiger charge is 2.31. The average molecular weight is 213 g/mol. The van der Waals surface area contributed by atoms with Crippen molar-refractivity contribution in [2.45, 2.75) is 57.3 Å². The monoisotopic (exact) mass is 213 g/mol. The van der Waals surface area contributed by atoms with Crippen molar-refractivity contribution in [1.29, 1.82) is 0 Å². The fraction of sp³-hybridized carbons (Fsp3) is 1.00. The van der Waals surface area contributed by atoms with E-state index in [4.69, 9.17) is 9.47 Å². The zero-order valence-corrected chi connectivity index (χ0v) is 9.71. The van der Waals surface area contributed by atoms with Gasteiger partial charge in [0.15, 0.2) is 0 Å². The second-order valence-corrected chi connectivity index (χ2v) is 4.64. The number of rotatable bonds is 4. The summed E-state index contributed by atoms with van der Waals surface area (Å²) >= 11 is 0. The van der Waals surface area contributed by atoms with Crippen LogP contribution >= 0.6 is 0 Å². The summed E-state index contributed by atoms with van der Waals surface area (Å²) in [5.74, 6) is 0. The minimum absolute atomic E-state index is 0.343. The molecular formula is C12H23NO2. The Balaban J connectivity index is 1.75. The lowest BCUT2D eigenvalue weighted by Crippen LogP contribution is -2.43. The maximum atomic E-state index is 5.81. The zero-order chi connectivity index (χ0) is 10.5. The van der Waals surface area contributed by atoms with E-state index in [1.165, 1.54) is 19.3 Å². The van der Waals surface area contributed by atoms with Gasteiger partial charge in [-0.05, 0) is 38.6 Å². The van der Waals surface area contributed by atoms with Crippen molar-refractivity contribution in [3.63, 3.8) is 0 Å². The summed E-state index contributed by atoms with van der Waals surface area (Å²) in [4.78, 5) is 0. The number of hydrogen-bond acceptors (Lipinski definition) is 3. The predicted molar refractivity (Wildman–Crippen MR) is 60.0 cm³/mol. The Morgan fingerprint density at radius 3 is 2.73 bits per heavy atom. The second kappa shape index (κ2) is 5.83. The lowest BCUT2D eigenvalue weighted by atomic mass is 9.98. The van der Waals surface area contributed by atoms with Crippen LogP contribution < -0.4 is 5.32 Å². The van der Waals surface area contributed by atoms with Crippen LogP contribution in [0.4, 0.5) is 0 Å². The first-order chi connectivity index (χ1) is 7.40. The van der Waals surface area contributed by atoms with Crippen molar-refractivity contribution in [2.75, 3.05) is 19.8 Å². The van der Waals surface area contributed by atoms with Gasteiger partial charge in [0.25, 0.3) is 0 Å². The minimum atomic E-state index is 0.343. The van der Waals surface area contributed by atoms with Gasteiger partial charge in [0.05, 0.1) is 12.2 Å². The molecule has 0 saturated carbocycles. The van der Waals surface area contributed by atoms with Gasteiger partial charge in [0.1, 0.15) is 0 Å². The highest BCUT2D eigenvalue weighted by atomic mass is 16.5. The summed E-state index contributed by atoms with van der Waals surface area (Å²) in [6.07, 6.45) is 6.60. The predicted octanol–water partition coefficient (Wildman–Crippen LogP) is 1.71. The largest absolute Gasteiger partial charge is 0.376 e. The molecule has 2 fully saturated rings. The molecule has 88 valence electrons. The first-order valence-electron chi connectivity index (χ1n) is 6.36. The summed E-state index contributed by atoms with van der Waals surface area (Å²) in [6, 6.07) is 0.646. The lowest BCUT2D eigenvalue weighted by Gasteiger charge is -2.33. The molecular weight excluding hydrogens is 190 g/mol. The zero-order valence-electron chi connectivity index (χ0n) is 9.71. The molecule has 0 aliphatic carbocycles. The summed E-state index contributed by atoms with van der Waals surface area (Å²) < 4.78 is 11.5. The molecule has 3 nitrogen and oxygen atoms in total. The lowest BCUT2D eigenvalue weighted by molar-refractivity contribution is -0.0779. The maximum Gasteiger partial charge on any atom is 0.0851 e. The van der Waals surface area contributed by atoms with E-state index in [-0.39, 0.29) is 0 Å². The SMILES string of the molecule is CCCNC1CCOC(C2CCCO2)C1. The smallest absolute Gasteiger partial charge is 0.0851 e. The fourth-order valence-corrected chi connectivity index (χ4v) is 2.52. The first-order valence-corrected chi connectivity index (χ1v) is 6.36. The molecule has 0 aromatic heterocycles. The number of nitrogens with one attached hydrogen (secondary N) is 1. The van der Waals surface area contributed by atoms with Crippen LogP contribution in [0.15, 0.2) is 0 Å². The number of hydrogen-bond donors (Lipinski definition) is 1. The molecule has 2 saturated heterocycles. The maximum absolute atomic E-state index is 5.81. The van der Waals surface area contributed by atoms with Crippen LogP contribution in [0.3, 0.4) is 0 Å². The van der Waals surface area contributed by atoms with Gasteiger partial charge >= 0.3 is 0 Å². The van der Waals surface area contributed by atoms with Crippen LogP contribution in [-0.2, 0) is 9.47 Å². The van der Waals surface area contributed by atoms with Crippen LogP contribution in [0, 0.1) is 0 Å². The molecule has 3 unspecified atom stereocenters. The van der Waals surface area contributed by atoms with Crippen LogP contribution in [-0.4, -0.2) is 38.0 Å². The van der Waals surface area contributed by atoms with Gasteiger partial charge in [-0.15, -0.1) is 0 Å². The molecule has 0 aromatic rings. The molecule has 3 heteroatoms. The molecule has 0 bridgehead atoms. The van der Waals surface area contributed by atoms with E-state index in [0.29, 0.717) is 18.2 Å². The van der Waals surface area contributed by atoms with Gasteiger partial charge in [-0.1, -0.05) is 6.92 Å². The van der Waals surface area contributed by atoms with Gasteiger partial charge in [-0.25, -0.2) is 0 Å². The first kappa shape index (κ1) is 11.4. The highest BCUT2D eigenvalue weighted by molar-refractivity contribution is 4.83. The van der Waals surface area contributed by atoms with E-state index < -0.39 is 0 Å². The van der Waals surface area contributed by atoms with E-state index in [0.717, 1.165) is 32.6 Å². The van der Waals surface area contributed by atoms with Crippen molar-refractivity contribution in [3.05, 3.63) is 0 Å². The topological polar surface area (TPSA) is 30.5 Å². The van der Waals surface area contributed by atoms with E-state index in [2.05, 4.69) is 12.2 Å². The summed E-state index contributed by atoms with van der Waals surface area (Å²) in [6.45, 7) is 5.16. The van der Waals surface area contributed by atoms with Gasteiger partial charge in [0, 0.05) is 19.3 Å². The second-order valence-electron chi connectivity index (χ2n) is 4.64. The molecule has 0 radical (unpaired) electrons. The third kappa shape index (κ3) is 3.16. The Morgan fingerprint density at radius 2 is 2.00 bits per heavy atom. The molecule has 1 N–H and O–H groups in total. The molecule has 0 spiro atoms. The van der Waals surface area contributed by atoms with E-state index in [9.17, 15) is 0 Å². The molecule has 2 aliphatic heterocycles. The molecule has 15 heavy (non-hydrogen) atoms. The van der Waals surface area contributed by atoms with E-state index >= 15 is 0 Å². The molecule has 2 aliphatic rings. The van der Waals surface area contributed by atoms with Gasteiger partial charge in [0.2, 0.25) is 0 Å². The van der Waals surface area contributed by atoms with E-state index in [1.54, 1.807) is 0 Å². The summed E-state index contributed by atoms with van der Waals surface area (Å²) in [5.41, 5.74) is 0. The van der Waals surface area contributed by atoms with Crippen LogP contribution in [0.25, 0.3) is 0 Å². The van der Waals surface area contributed by atoms with Crippen molar-refractivity contribution in [3.8, 4) is 0 Å². The summed E-state index contributed by atoms with van der Waals surface area (Å²) in [5, 5.41) is 3.59. The Kier molecular flexibility index (Phi) is 4.42. The van der Waals surface area contributed by atoms with Crippen LogP contribution in [0.1, 0.15) is 39.0 Å². The molecule has 2 heterocycles. The third-order valence-corrected chi connectivity index (χ3v) is 3.38. The van der Waals surface area contributed by atoms with Crippen molar-refractivity contribution < 1.29 is 9.47 Å². The van der Waals surface area contributed by atoms with Crippen LogP contribution in [0.5, 0.6) is 0 Å². The van der Waals surface area contributed by atoms with Gasteiger partial charge < -0.3 is 14.8 Å². The quantitative estimate of drug-likeness (QED) is 0.771. The highest BCUT2D eigenvalue weighted by Crippen LogP contribution is 2.24. The van der Waals surface area contributed by atoms with E-state index in [1.807, 2.05) is 0 Å². The van der Waals surface area contributed by atoms with Crippen LogP contribution in [0.2, 0.25) is 0 Å². The van der Waals surface area contributed by atoms with Crippen molar-refractivity contribution in [2.24, 2.45) is 0 Å². The van der Waals surface area contributed by atoms with Gasteiger partial charge in [-0.3, -0.25) is 0 Å². The molecule has 0 aromatic carbocycles. The average Bonchev–Trinajstić information content (AvgIpc) is 2.80. The molecule has 3 atom stereocenters. The number of ether oxygens (including phenoxy) is 2. The Labute approximate surface area is 92.5 Å². The normalized spacial score (nSPS) is 37.0. The molecule has 2 rings (SSSR count). The standard InChI is InChI=1S/C12H23NO2/c1-2-6-13-10-5-8-15-12(9-10)11-4-3-7-14-11/h10-13H,2-9H2,1H3. The Hall–Kier alpha value is -0.120. The minimum Gasteiger partial charge on any atom is -0.376 e. The summed E-state index contributed by atoms with van der Waals surface area (Å²) in [7, 11) is 0. The molecule has 0 amide bonds. The fourth-order valence-electron chi connectivity index (χ4n) is 2.52. The Morgan fingerprint density at radius 1 is 1.13 bits per heavy atom. The Bertz CT molecular complexity index is 180.